The van der Waals surface area contributed by atoms with Gasteiger partial charge in [0.05, 0.1) is 5.56 Å². The van der Waals surface area contributed by atoms with Crippen LogP contribution in [0.1, 0.15) is 17.0 Å². The molecule has 0 aliphatic rings. The standard InChI is InChI=1S/C16H16N2O3/c1-8-5-6-11-12(7-8)21-10(3)13(11)14-15(19)9(2)17-18(4)16(14)20/h5-7,19H,1-4H3. The predicted molar refractivity (Wildman–Crippen MR) is 80.6 cm³/mol. The van der Waals surface area contributed by atoms with Crippen molar-refractivity contribution in [2.45, 2.75) is 20.8 Å². The van der Waals surface area contributed by atoms with Crippen molar-refractivity contribution in [2.75, 3.05) is 0 Å². The average Bonchev–Trinajstić information content (AvgIpc) is 2.73. The van der Waals surface area contributed by atoms with Crippen molar-refractivity contribution < 1.29 is 9.52 Å². The first kappa shape index (κ1) is 13.4. The monoisotopic (exact) mass is 284 g/mol. The van der Waals surface area contributed by atoms with E-state index in [9.17, 15) is 9.90 Å². The Hall–Kier alpha value is -2.56. The maximum Gasteiger partial charge on any atom is 0.278 e. The molecule has 0 atom stereocenters. The minimum absolute atomic E-state index is 0.0931. The predicted octanol–water partition coefficient (Wildman–Crippen LogP) is 2.82. The lowest BCUT2D eigenvalue weighted by Gasteiger charge is -2.08. The SMILES string of the molecule is Cc1ccc2c(-c3c(O)c(C)nn(C)c3=O)c(C)oc2c1. The molecule has 0 saturated heterocycles. The number of aromatic nitrogens is 2. The molecule has 0 bridgehead atoms. The summed E-state index contributed by atoms with van der Waals surface area (Å²) in [6, 6.07) is 5.78. The molecule has 5 nitrogen and oxygen atoms in total. The Morgan fingerprint density at radius 1 is 1.19 bits per heavy atom. The van der Waals surface area contributed by atoms with Gasteiger partial charge in [-0.1, -0.05) is 12.1 Å². The van der Waals surface area contributed by atoms with Crippen LogP contribution in [0.2, 0.25) is 0 Å². The number of nitrogens with zero attached hydrogens (tertiary/aromatic N) is 2. The van der Waals surface area contributed by atoms with Gasteiger partial charge in [-0.15, -0.1) is 0 Å². The molecule has 0 spiro atoms. The highest BCUT2D eigenvalue weighted by molar-refractivity contribution is 5.97. The molecule has 1 aromatic carbocycles. The summed E-state index contributed by atoms with van der Waals surface area (Å²) in [5.74, 6) is 0.512. The Morgan fingerprint density at radius 2 is 1.90 bits per heavy atom. The first-order valence-electron chi connectivity index (χ1n) is 6.67. The molecule has 2 aromatic heterocycles. The van der Waals surface area contributed by atoms with E-state index < -0.39 is 0 Å². The molecule has 0 fully saturated rings. The number of hydrogen-bond acceptors (Lipinski definition) is 4. The Labute approximate surface area is 121 Å². The number of fused-ring (bicyclic) bond motifs is 1. The van der Waals surface area contributed by atoms with Crippen LogP contribution in [-0.4, -0.2) is 14.9 Å². The summed E-state index contributed by atoms with van der Waals surface area (Å²) in [6.45, 7) is 5.43. The van der Waals surface area contributed by atoms with E-state index in [1.807, 2.05) is 25.1 Å². The van der Waals surface area contributed by atoms with Crippen molar-refractivity contribution in [3.63, 3.8) is 0 Å². The molecule has 108 valence electrons. The molecule has 21 heavy (non-hydrogen) atoms. The third-order valence-electron chi connectivity index (χ3n) is 3.66. The van der Waals surface area contributed by atoms with Gasteiger partial charge in [0.2, 0.25) is 0 Å². The number of aryl methyl sites for hydroxylation is 4. The smallest absolute Gasteiger partial charge is 0.278 e. The van der Waals surface area contributed by atoms with Crippen LogP contribution in [0.3, 0.4) is 0 Å². The Morgan fingerprint density at radius 3 is 2.62 bits per heavy atom. The van der Waals surface area contributed by atoms with Gasteiger partial charge in [0.1, 0.15) is 17.0 Å². The summed E-state index contributed by atoms with van der Waals surface area (Å²) in [5, 5.41) is 15.1. The Kier molecular flexibility index (Phi) is 2.86. The first-order valence-corrected chi connectivity index (χ1v) is 6.67. The Balaban J connectivity index is 2.47. The van der Waals surface area contributed by atoms with Crippen LogP contribution in [0, 0.1) is 20.8 Å². The van der Waals surface area contributed by atoms with E-state index in [1.165, 1.54) is 4.68 Å². The van der Waals surface area contributed by atoms with E-state index in [1.54, 1.807) is 20.9 Å². The van der Waals surface area contributed by atoms with Crippen molar-refractivity contribution in [3.05, 3.63) is 45.6 Å². The van der Waals surface area contributed by atoms with E-state index >= 15 is 0 Å². The van der Waals surface area contributed by atoms with E-state index in [0.29, 0.717) is 22.6 Å². The fourth-order valence-corrected chi connectivity index (χ4v) is 2.62. The highest BCUT2D eigenvalue weighted by atomic mass is 16.3. The second-order valence-electron chi connectivity index (χ2n) is 5.27. The molecule has 0 amide bonds. The third-order valence-corrected chi connectivity index (χ3v) is 3.66. The molecule has 2 heterocycles. The van der Waals surface area contributed by atoms with Crippen LogP contribution < -0.4 is 5.56 Å². The second-order valence-corrected chi connectivity index (χ2v) is 5.27. The maximum atomic E-state index is 12.4. The minimum atomic E-state index is -0.343. The molecule has 0 radical (unpaired) electrons. The minimum Gasteiger partial charge on any atom is -0.505 e. The molecule has 0 saturated carbocycles. The summed E-state index contributed by atoms with van der Waals surface area (Å²) in [4.78, 5) is 12.4. The molecular weight excluding hydrogens is 268 g/mol. The summed E-state index contributed by atoms with van der Waals surface area (Å²) in [6.07, 6.45) is 0. The second kappa shape index (κ2) is 4.48. The van der Waals surface area contributed by atoms with Crippen molar-refractivity contribution in [1.29, 1.82) is 0 Å². The highest BCUT2D eigenvalue weighted by Gasteiger charge is 2.22. The van der Waals surface area contributed by atoms with Crippen LogP contribution in [-0.2, 0) is 7.05 Å². The van der Waals surface area contributed by atoms with E-state index in [4.69, 9.17) is 4.42 Å². The van der Waals surface area contributed by atoms with Crippen LogP contribution in [0.15, 0.2) is 27.4 Å². The number of rotatable bonds is 1. The molecule has 0 unspecified atom stereocenters. The lowest BCUT2D eigenvalue weighted by Crippen LogP contribution is -2.22. The fraction of sp³-hybridized carbons (Fsp3) is 0.250. The largest absolute Gasteiger partial charge is 0.505 e. The van der Waals surface area contributed by atoms with Gasteiger partial charge in [0.15, 0.2) is 5.75 Å². The highest BCUT2D eigenvalue weighted by Crippen LogP contribution is 2.37. The summed E-state index contributed by atoms with van der Waals surface area (Å²) in [7, 11) is 1.57. The van der Waals surface area contributed by atoms with Crippen LogP contribution in [0.5, 0.6) is 5.75 Å². The summed E-state index contributed by atoms with van der Waals surface area (Å²) < 4.78 is 6.98. The normalized spacial score (nSPS) is 11.2. The topological polar surface area (TPSA) is 68.3 Å². The van der Waals surface area contributed by atoms with Crippen LogP contribution in [0.25, 0.3) is 22.1 Å². The third kappa shape index (κ3) is 1.93. The number of benzene rings is 1. The van der Waals surface area contributed by atoms with Crippen LogP contribution >= 0.6 is 0 Å². The number of furan rings is 1. The molecule has 5 heteroatoms. The Bertz CT molecular complexity index is 919. The zero-order chi connectivity index (χ0) is 15.3. The van der Waals surface area contributed by atoms with Gasteiger partial charge in [0, 0.05) is 18.0 Å². The van der Waals surface area contributed by atoms with Crippen LogP contribution in [0.4, 0.5) is 0 Å². The zero-order valence-corrected chi connectivity index (χ0v) is 12.4. The van der Waals surface area contributed by atoms with Crippen molar-refractivity contribution >= 4 is 11.0 Å². The zero-order valence-electron chi connectivity index (χ0n) is 12.4. The average molecular weight is 284 g/mol. The fourth-order valence-electron chi connectivity index (χ4n) is 2.62. The number of aromatic hydroxyl groups is 1. The van der Waals surface area contributed by atoms with E-state index in [0.717, 1.165) is 10.9 Å². The van der Waals surface area contributed by atoms with E-state index in [2.05, 4.69) is 5.10 Å². The van der Waals surface area contributed by atoms with Gasteiger partial charge >= 0.3 is 0 Å². The molecule has 3 aromatic rings. The summed E-state index contributed by atoms with van der Waals surface area (Å²) in [5.41, 5.74) is 2.72. The van der Waals surface area contributed by atoms with Gasteiger partial charge in [-0.2, -0.15) is 5.10 Å². The van der Waals surface area contributed by atoms with Gasteiger partial charge in [0.25, 0.3) is 5.56 Å². The summed E-state index contributed by atoms with van der Waals surface area (Å²) >= 11 is 0. The van der Waals surface area contributed by atoms with Gasteiger partial charge < -0.3 is 9.52 Å². The first-order chi connectivity index (χ1) is 9.90. The van der Waals surface area contributed by atoms with E-state index in [-0.39, 0.29) is 16.9 Å². The quantitative estimate of drug-likeness (QED) is 0.746. The lowest BCUT2D eigenvalue weighted by atomic mass is 10.0. The lowest BCUT2D eigenvalue weighted by molar-refractivity contribution is 0.460. The maximum absolute atomic E-state index is 12.4. The van der Waals surface area contributed by atoms with Crippen molar-refractivity contribution in [2.24, 2.45) is 7.05 Å². The molecule has 3 rings (SSSR count). The van der Waals surface area contributed by atoms with Crippen molar-refractivity contribution in [3.8, 4) is 16.9 Å². The van der Waals surface area contributed by atoms with Gasteiger partial charge in [-0.3, -0.25) is 4.79 Å². The molecule has 1 N–H and O–H groups in total. The van der Waals surface area contributed by atoms with Gasteiger partial charge in [-0.05, 0) is 32.4 Å². The van der Waals surface area contributed by atoms with Gasteiger partial charge in [-0.25, -0.2) is 4.68 Å². The van der Waals surface area contributed by atoms with Crippen molar-refractivity contribution in [1.82, 2.24) is 9.78 Å². The number of hydrogen-bond donors (Lipinski definition) is 1. The molecule has 0 aliphatic carbocycles. The molecule has 0 aliphatic heterocycles. The molecular formula is C16H16N2O3.